The first-order chi connectivity index (χ1) is 13.7. The topological polar surface area (TPSA) is 101 Å². The predicted molar refractivity (Wildman–Crippen MR) is 102 cm³/mol. The van der Waals surface area contributed by atoms with E-state index in [4.69, 9.17) is 19.2 Å². The second-order valence-corrected chi connectivity index (χ2v) is 6.29. The lowest BCUT2D eigenvalue weighted by Crippen LogP contribution is -2.36. The molecule has 142 valence electrons. The van der Waals surface area contributed by atoms with E-state index in [0.717, 1.165) is 5.52 Å². The van der Waals surface area contributed by atoms with Crippen molar-refractivity contribution in [1.29, 1.82) is 5.26 Å². The first kappa shape index (κ1) is 17.8. The molecule has 0 radical (unpaired) electrons. The molecule has 1 N–H and O–H groups in total. The van der Waals surface area contributed by atoms with Crippen LogP contribution in [0.1, 0.15) is 5.56 Å². The van der Waals surface area contributed by atoms with Crippen molar-refractivity contribution in [2.75, 3.05) is 36.5 Å². The molecule has 1 fully saturated rings. The number of oxazole rings is 1. The largest absolute Gasteiger partial charge is 0.442 e. The first-order valence-corrected chi connectivity index (χ1v) is 8.88. The number of fused-ring (bicyclic) bond motifs is 1. The summed E-state index contributed by atoms with van der Waals surface area (Å²) in [4.78, 5) is 18.7. The lowest BCUT2D eigenvalue weighted by atomic mass is 10.2. The number of hydrogen-bond acceptors (Lipinski definition) is 7. The third-order valence-corrected chi connectivity index (χ3v) is 4.34. The minimum absolute atomic E-state index is 0.268. The Kier molecular flexibility index (Phi) is 5.08. The molecule has 0 unspecified atom stereocenters. The van der Waals surface area contributed by atoms with Crippen LogP contribution in [-0.4, -0.2) is 43.5 Å². The van der Waals surface area contributed by atoms with Gasteiger partial charge in [-0.15, -0.1) is 0 Å². The molecule has 2 aromatic carbocycles. The van der Waals surface area contributed by atoms with Gasteiger partial charge < -0.3 is 18.8 Å². The molecular formula is C20H18N4O4. The average molecular weight is 378 g/mol. The molecule has 1 amide bonds. The molecule has 2 heterocycles. The van der Waals surface area contributed by atoms with Crippen LogP contribution >= 0.6 is 0 Å². The number of anilines is 2. The predicted octanol–water partition coefficient (Wildman–Crippen LogP) is 3.15. The van der Waals surface area contributed by atoms with Gasteiger partial charge in [-0.05, 0) is 24.3 Å². The fraction of sp³-hybridized carbons (Fsp3) is 0.250. The molecule has 28 heavy (non-hydrogen) atoms. The zero-order chi connectivity index (χ0) is 19.3. The Morgan fingerprint density at radius 1 is 1.25 bits per heavy atom. The summed E-state index contributed by atoms with van der Waals surface area (Å²) in [5.41, 5.74) is 2.24. The van der Waals surface area contributed by atoms with Crippen molar-refractivity contribution in [2.45, 2.75) is 6.10 Å². The van der Waals surface area contributed by atoms with Crippen LogP contribution in [-0.2, 0) is 9.47 Å². The van der Waals surface area contributed by atoms with E-state index in [9.17, 15) is 4.79 Å². The highest BCUT2D eigenvalue weighted by atomic mass is 16.6. The summed E-state index contributed by atoms with van der Waals surface area (Å²) in [5.74, 6) is 0. The van der Waals surface area contributed by atoms with Crippen molar-refractivity contribution in [3.8, 4) is 6.07 Å². The number of nitrogens with zero attached hydrogens (tertiary/aromatic N) is 3. The van der Waals surface area contributed by atoms with E-state index in [2.05, 4.69) is 10.3 Å². The van der Waals surface area contributed by atoms with Gasteiger partial charge in [0.2, 0.25) is 0 Å². The van der Waals surface area contributed by atoms with Gasteiger partial charge in [0.25, 0.3) is 6.01 Å². The third-order valence-electron chi connectivity index (χ3n) is 4.34. The van der Waals surface area contributed by atoms with Crippen LogP contribution in [0.2, 0.25) is 0 Å². The Morgan fingerprint density at radius 2 is 2.07 bits per heavy atom. The van der Waals surface area contributed by atoms with Crippen LogP contribution < -0.4 is 10.2 Å². The number of nitriles is 1. The standard InChI is InChI=1S/C20H18N4O4/c21-11-14-5-1-2-6-16(14)23-20(25)27-15-12-24(9-10-26-13-15)19-22-17-7-3-4-8-18(17)28-19/h1-8,15H,9-10,12-13H2,(H,23,25)/t15-/m1/s1. The number of ether oxygens (including phenoxy) is 2. The van der Waals surface area contributed by atoms with Crippen molar-refractivity contribution in [2.24, 2.45) is 0 Å². The van der Waals surface area contributed by atoms with E-state index in [0.29, 0.717) is 42.5 Å². The first-order valence-electron chi connectivity index (χ1n) is 8.88. The molecule has 0 spiro atoms. The monoisotopic (exact) mass is 378 g/mol. The Labute approximate surface area is 161 Å². The van der Waals surface area contributed by atoms with E-state index in [1.807, 2.05) is 35.2 Å². The molecule has 3 aromatic rings. The van der Waals surface area contributed by atoms with E-state index in [-0.39, 0.29) is 6.61 Å². The highest BCUT2D eigenvalue weighted by molar-refractivity contribution is 5.86. The van der Waals surface area contributed by atoms with Gasteiger partial charge in [-0.2, -0.15) is 10.2 Å². The van der Waals surface area contributed by atoms with Gasteiger partial charge in [-0.1, -0.05) is 24.3 Å². The van der Waals surface area contributed by atoms with E-state index in [1.165, 1.54) is 0 Å². The maximum absolute atomic E-state index is 12.3. The van der Waals surface area contributed by atoms with E-state index < -0.39 is 12.2 Å². The van der Waals surface area contributed by atoms with Crippen LogP contribution in [0, 0.1) is 11.3 Å². The van der Waals surface area contributed by atoms with Gasteiger partial charge in [0.1, 0.15) is 17.7 Å². The molecule has 8 nitrogen and oxygen atoms in total. The van der Waals surface area contributed by atoms with Gasteiger partial charge in [-0.3, -0.25) is 5.32 Å². The summed E-state index contributed by atoms with van der Waals surface area (Å²) >= 11 is 0. The molecule has 8 heteroatoms. The number of aromatic nitrogens is 1. The molecule has 4 rings (SSSR count). The lowest BCUT2D eigenvalue weighted by molar-refractivity contribution is 0.0443. The number of nitrogens with one attached hydrogen (secondary N) is 1. The van der Waals surface area contributed by atoms with Crippen molar-refractivity contribution in [3.63, 3.8) is 0 Å². The molecular weight excluding hydrogens is 360 g/mol. The van der Waals surface area contributed by atoms with Gasteiger partial charge in [-0.25, -0.2) is 4.79 Å². The SMILES string of the molecule is N#Cc1ccccc1NC(=O)O[C@H]1COCCN(c2nc3ccccc3o2)C1. The lowest BCUT2D eigenvalue weighted by Gasteiger charge is -2.22. The fourth-order valence-electron chi connectivity index (χ4n) is 3.00. The van der Waals surface area contributed by atoms with Crippen LogP contribution in [0.25, 0.3) is 11.1 Å². The highest BCUT2D eigenvalue weighted by Crippen LogP contribution is 2.23. The minimum atomic E-state index is -0.643. The zero-order valence-electron chi connectivity index (χ0n) is 15.0. The minimum Gasteiger partial charge on any atom is -0.442 e. The molecule has 1 aliphatic rings. The number of carbonyl (C=O) groups excluding carboxylic acids is 1. The average Bonchev–Trinajstić information content (AvgIpc) is 3.01. The second-order valence-electron chi connectivity index (χ2n) is 6.29. The number of amides is 1. The number of benzene rings is 2. The van der Waals surface area contributed by atoms with Gasteiger partial charge in [0, 0.05) is 6.54 Å². The normalized spacial score (nSPS) is 17.0. The van der Waals surface area contributed by atoms with Crippen molar-refractivity contribution in [1.82, 2.24) is 4.98 Å². The van der Waals surface area contributed by atoms with Crippen molar-refractivity contribution < 1.29 is 18.7 Å². The Bertz CT molecular complexity index is 993. The number of rotatable bonds is 3. The highest BCUT2D eigenvalue weighted by Gasteiger charge is 2.25. The molecule has 0 aliphatic carbocycles. The van der Waals surface area contributed by atoms with Crippen molar-refractivity contribution >= 4 is 28.9 Å². The quantitative estimate of drug-likeness (QED) is 0.747. The number of carbonyl (C=O) groups is 1. The molecule has 1 atom stereocenters. The molecule has 1 aromatic heterocycles. The molecule has 0 saturated carbocycles. The summed E-state index contributed by atoms with van der Waals surface area (Å²) < 4.78 is 16.9. The Morgan fingerprint density at radius 3 is 2.93 bits per heavy atom. The summed E-state index contributed by atoms with van der Waals surface area (Å²) in [5, 5.41) is 11.7. The Balaban J connectivity index is 1.44. The van der Waals surface area contributed by atoms with Crippen LogP contribution in [0.4, 0.5) is 16.5 Å². The van der Waals surface area contributed by atoms with Crippen LogP contribution in [0.3, 0.4) is 0 Å². The fourth-order valence-corrected chi connectivity index (χ4v) is 3.00. The maximum atomic E-state index is 12.3. The Hall–Kier alpha value is -3.57. The van der Waals surface area contributed by atoms with Gasteiger partial charge >= 0.3 is 6.09 Å². The van der Waals surface area contributed by atoms with Crippen molar-refractivity contribution in [3.05, 3.63) is 54.1 Å². The summed E-state index contributed by atoms with van der Waals surface area (Å²) in [7, 11) is 0. The number of para-hydroxylation sites is 3. The van der Waals surface area contributed by atoms with E-state index >= 15 is 0 Å². The zero-order valence-corrected chi connectivity index (χ0v) is 15.0. The second kappa shape index (κ2) is 7.98. The molecule has 1 saturated heterocycles. The van der Waals surface area contributed by atoms with E-state index in [1.54, 1.807) is 24.3 Å². The van der Waals surface area contributed by atoms with Crippen LogP contribution in [0.15, 0.2) is 52.9 Å². The molecule has 0 bridgehead atoms. The summed E-state index contributed by atoms with van der Waals surface area (Å²) in [6.07, 6.45) is -1.15. The smallest absolute Gasteiger partial charge is 0.412 e. The van der Waals surface area contributed by atoms with Gasteiger partial charge in [0.05, 0.1) is 31.0 Å². The number of hydrogen-bond donors (Lipinski definition) is 1. The third kappa shape index (κ3) is 3.89. The van der Waals surface area contributed by atoms with Crippen LogP contribution in [0.5, 0.6) is 0 Å². The summed E-state index contributed by atoms with van der Waals surface area (Å²) in [6.45, 7) is 1.70. The van der Waals surface area contributed by atoms with Gasteiger partial charge in [0.15, 0.2) is 5.58 Å². The maximum Gasteiger partial charge on any atom is 0.412 e. The summed E-state index contributed by atoms with van der Waals surface area (Å²) in [6, 6.07) is 16.8. The molecule has 1 aliphatic heterocycles.